The Morgan fingerprint density at radius 3 is 2.45 bits per heavy atom. The summed E-state index contributed by atoms with van der Waals surface area (Å²) >= 11 is 0. The molecule has 2 aromatic rings. The highest BCUT2D eigenvalue weighted by molar-refractivity contribution is 6.06. The van der Waals surface area contributed by atoms with Crippen molar-refractivity contribution < 1.29 is 19.1 Å². The third kappa shape index (κ3) is 3.74. The lowest BCUT2D eigenvalue weighted by molar-refractivity contribution is -0.149. The van der Waals surface area contributed by atoms with E-state index in [0.29, 0.717) is 24.9 Å². The normalized spacial score (nSPS) is 24.6. The Morgan fingerprint density at radius 1 is 1.14 bits per heavy atom. The number of aliphatic hydroxyl groups is 1. The molecule has 29 heavy (non-hydrogen) atoms. The number of aromatic nitrogens is 1. The highest BCUT2D eigenvalue weighted by atomic mass is 19.1. The van der Waals surface area contributed by atoms with Gasteiger partial charge in [0, 0.05) is 12.7 Å². The van der Waals surface area contributed by atoms with Gasteiger partial charge in [0.05, 0.1) is 6.10 Å². The summed E-state index contributed by atoms with van der Waals surface area (Å²) in [6, 6.07) is 8.38. The Kier molecular flexibility index (Phi) is 5.08. The van der Waals surface area contributed by atoms with Gasteiger partial charge in [0.25, 0.3) is 5.91 Å². The van der Waals surface area contributed by atoms with Gasteiger partial charge in [0.1, 0.15) is 12.6 Å². The zero-order valence-electron chi connectivity index (χ0n) is 16.5. The zero-order chi connectivity index (χ0) is 20.7. The molecule has 1 saturated carbocycles. The predicted molar refractivity (Wildman–Crippen MR) is 106 cm³/mol. The summed E-state index contributed by atoms with van der Waals surface area (Å²) in [7, 11) is 0. The lowest BCUT2D eigenvalue weighted by atomic mass is 9.75. The van der Waals surface area contributed by atoms with Crippen LogP contribution in [0.5, 0.6) is 0 Å². The molecule has 6 nitrogen and oxygen atoms in total. The fraction of sp³-hybridized carbons (Fsp3) is 0.409. The Bertz CT molecular complexity index is 941. The number of carbonyl (C=O) groups excluding carboxylic acids is 2. The maximum absolute atomic E-state index is 14.5. The van der Waals surface area contributed by atoms with Crippen LogP contribution in [0.2, 0.25) is 0 Å². The first-order chi connectivity index (χ1) is 13.8. The number of benzene rings is 1. The molecule has 0 radical (unpaired) electrons. The van der Waals surface area contributed by atoms with Gasteiger partial charge in [-0.2, -0.15) is 0 Å². The number of aryl methyl sites for hydroxylation is 2. The number of hydrogen-bond acceptors (Lipinski definition) is 4. The van der Waals surface area contributed by atoms with E-state index in [2.05, 4.69) is 4.98 Å². The summed E-state index contributed by atoms with van der Waals surface area (Å²) in [4.78, 5) is 33.2. The molecule has 1 aromatic heterocycles. The SMILES string of the molecule is Cc1ccc(CN2C(=O)CN(c3ncc(C)cc3F)C(=O)[C@@H]2C2CC(O)C2)cc1. The van der Waals surface area contributed by atoms with Gasteiger partial charge in [0.2, 0.25) is 5.91 Å². The van der Waals surface area contributed by atoms with Crippen LogP contribution in [0.4, 0.5) is 10.2 Å². The minimum Gasteiger partial charge on any atom is -0.393 e. The summed E-state index contributed by atoms with van der Waals surface area (Å²) in [6.07, 6.45) is 1.92. The van der Waals surface area contributed by atoms with Crippen LogP contribution >= 0.6 is 0 Å². The molecule has 0 unspecified atom stereocenters. The summed E-state index contributed by atoms with van der Waals surface area (Å²) in [5, 5.41) is 9.76. The number of carbonyl (C=O) groups is 2. The van der Waals surface area contributed by atoms with E-state index >= 15 is 0 Å². The zero-order valence-corrected chi connectivity index (χ0v) is 16.5. The maximum Gasteiger partial charge on any atom is 0.251 e. The van der Waals surface area contributed by atoms with Crippen LogP contribution in [0.3, 0.4) is 0 Å². The molecule has 0 bridgehead atoms. The second-order valence-electron chi connectivity index (χ2n) is 8.08. The second kappa shape index (κ2) is 7.55. The van der Waals surface area contributed by atoms with Crippen LogP contribution < -0.4 is 4.90 Å². The van der Waals surface area contributed by atoms with E-state index in [1.165, 1.54) is 12.3 Å². The van der Waals surface area contributed by atoms with Crippen molar-refractivity contribution in [3.63, 3.8) is 0 Å². The maximum atomic E-state index is 14.5. The van der Waals surface area contributed by atoms with Crippen molar-refractivity contribution in [1.29, 1.82) is 0 Å². The molecular weight excluding hydrogens is 373 g/mol. The first kappa shape index (κ1) is 19.5. The molecule has 1 aliphatic heterocycles. The number of anilines is 1. The number of pyridine rings is 1. The number of halogens is 1. The van der Waals surface area contributed by atoms with E-state index in [1.807, 2.05) is 31.2 Å². The molecule has 1 atom stereocenters. The van der Waals surface area contributed by atoms with Gasteiger partial charge >= 0.3 is 0 Å². The Hall–Kier alpha value is -2.80. The molecule has 2 aliphatic rings. The van der Waals surface area contributed by atoms with Crippen LogP contribution in [-0.4, -0.2) is 45.5 Å². The number of piperazine rings is 1. The van der Waals surface area contributed by atoms with E-state index in [4.69, 9.17) is 0 Å². The number of amides is 2. The molecule has 2 heterocycles. The van der Waals surface area contributed by atoms with Gasteiger partial charge in [-0.25, -0.2) is 9.37 Å². The number of hydrogen-bond donors (Lipinski definition) is 1. The van der Waals surface area contributed by atoms with E-state index in [-0.39, 0.29) is 30.1 Å². The van der Waals surface area contributed by atoms with E-state index in [9.17, 15) is 19.1 Å². The minimum absolute atomic E-state index is 0.117. The molecule has 0 spiro atoms. The van der Waals surface area contributed by atoms with Gasteiger partial charge in [-0.1, -0.05) is 29.8 Å². The van der Waals surface area contributed by atoms with Crippen molar-refractivity contribution in [3.05, 3.63) is 59.0 Å². The Balaban J connectivity index is 1.65. The molecule has 1 saturated heterocycles. The summed E-state index contributed by atoms with van der Waals surface area (Å²) in [5.74, 6) is -1.48. The fourth-order valence-electron chi connectivity index (χ4n) is 4.08. The molecular formula is C22H24FN3O3. The standard InChI is InChI=1S/C22H24FN3O3/c1-13-3-5-15(6-4-13)11-25-19(28)12-26(21-18(23)7-14(2)10-24-21)22(29)20(25)16-8-17(27)9-16/h3-7,10,16-17,20,27H,8-9,11-12H2,1-2H3/t16?,17?,20-/m0/s1. The monoisotopic (exact) mass is 397 g/mol. The second-order valence-corrected chi connectivity index (χ2v) is 8.08. The third-order valence-corrected chi connectivity index (χ3v) is 5.75. The number of rotatable bonds is 4. The Morgan fingerprint density at radius 2 is 1.83 bits per heavy atom. The summed E-state index contributed by atoms with van der Waals surface area (Å²) in [5.41, 5.74) is 2.68. The van der Waals surface area contributed by atoms with Crippen molar-refractivity contribution in [2.45, 2.75) is 45.4 Å². The molecule has 4 rings (SSSR count). The fourth-order valence-corrected chi connectivity index (χ4v) is 4.08. The van der Waals surface area contributed by atoms with Crippen LogP contribution in [0, 0.1) is 25.6 Å². The van der Waals surface area contributed by atoms with Crippen molar-refractivity contribution >= 4 is 17.6 Å². The van der Waals surface area contributed by atoms with E-state index in [0.717, 1.165) is 16.0 Å². The number of aliphatic hydroxyl groups excluding tert-OH is 1. The largest absolute Gasteiger partial charge is 0.393 e. The highest BCUT2D eigenvalue weighted by Crippen LogP contribution is 2.37. The summed E-state index contributed by atoms with van der Waals surface area (Å²) in [6.45, 7) is 3.76. The molecule has 7 heteroatoms. The van der Waals surface area contributed by atoms with Gasteiger partial charge in [-0.3, -0.25) is 14.5 Å². The first-order valence-corrected chi connectivity index (χ1v) is 9.80. The van der Waals surface area contributed by atoms with Crippen molar-refractivity contribution in [2.75, 3.05) is 11.4 Å². The highest BCUT2D eigenvalue weighted by Gasteiger charge is 2.48. The van der Waals surface area contributed by atoms with Crippen LogP contribution in [0.1, 0.15) is 29.5 Å². The van der Waals surface area contributed by atoms with E-state index < -0.39 is 18.0 Å². The molecule has 2 amide bonds. The third-order valence-electron chi connectivity index (χ3n) is 5.75. The van der Waals surface area contributed by atoms with Gasteiger partial charge in [-0.15, -0.1) is 0 Å². The quantitative estimate of drug-likeness (QED) is 0.860. The van der Waals surface area contributed by atoms with Crippen LogP contribution in [-0.2, 0) is 16.1 Å². The molecule has 1 N–H and O–H groups in total. The minimum atomic E-state index is -0.733. The molecule has 1 aromatic carbocycles. The molecule has 2 fully saturated rings. The Labute approximate surface area is 169 Å². The molecule has 1 aliphatic carbocycles. The summed E-state index contributed by atoms with van der Waals surface area (Å²) < 4.78 is 14.5. The average molecular weight is 397 g/mol. The van der Waals surface area contributed by atoms with Gasteiger partial charge in [-0.05, 0) is 49.8 Å². The van der Waals surface area contributed by atoms with Crippen molar-refractivity contribution in [1.82, 2.24) is 9.88 Å². The number of nitrogens with zero attached hydrogens (tertiary/aromatic N) is 3. The first-order valence-electron chi connectivity index (χ1n) is 9.80. The lowest BCUT2D eigenvalue weighted by Gasteiger charge is -2.47. The molecule has 152 valence electrons. The van der Waals surface area contributed by atoms with Crippen LogP contribution in [0.25, 0.3) is 0 Å². The predicted octanol–water partition coefficient (Wildman–Crippen LogP) is 2.35. The lowest BCUT2D eigenvalue weighted by Crippen LogP contribution is -2.64. The van der Waals surface area contributed by atoms with Crippen LogP contribution in [0.15, 0.2) is 36.5 Å². The van der Waals surface area contributed by atoms with Gasteiger partial charge in [0.15, 0.2) is 11.6 Å². The topological polar surface area (TPSA) is 73.7 Å². The van der Waals surface area contributed by atoms with Gasteiger partial charge < -0.3 is 10.0 Å². The van der Waals surface area contributed by atoms with E-state index in [1.54, 1.807) is 11.8 Å². The smallest absolute Gasteiger partial charge is 0.251 e. The van der Waals surface area contributed by atoms with Crippen molar-refractivity contribution in [2.24, 2.45) is 5.92 Å². The average Bonchev–Trinajstić information content (AvgIpc) is 2.65. The van der Waals surface area contributed by atoms with Crippen molar-refractivity contribution in [3.8, 4) is 0 Å².